The van der Waals surface area contributed by atoms with Crippen molar-refractivity contribution in [3.8, 4) is 5.75 Å². The fourth-order valence-corrected chi connectivity index (χ4v) is 1.79. The smallest absolute Gasteiger partial charge is 0.342 e. The van der Waals surface area contributed by atoms with Gasteiger partial charge in [-0.25, -0.2) is 4.79 Å². The largest absolute Gasteiger partial charge is 0.507 e. The van der Waals surface area contributed by atoms with Gasteiger partial charge in [0, 0.05) is 12.0 Å². The molecule has 80 valence electrons. The number of fused-ring (bicyclic) bond motifs is 1. The minimum atomic E-state index is -0.517. The van der Waals surface area contributed by atoms with E-state index in [9.17, 15) is 9.90 Å². The molecule has 0 aromatic heterocycles. The van der Waals surface area contributed by atoms with Gasteiger partial charge in [-0.15, -0.1) is 0 Å². The second-order valence-electron chi connectivity index (χ2n) is 3.69. The summed E-state index contributed by atoms with van der Waals surface area (Å²) in [6.07, 6.45) is 0.435. The number of rotatable bonds is 1. The highest BCUT2D eigenvalue weighted by Gasteiger charge is 2.27. The molecule has 4 heteroatoms. The fourth-order valence-electron chi connectivity index (χ4n) is 1.79. The predicted octanol–water partition coefficient (Wildman–Crippen LogP) is 0.986. The minimum absolute atomic E-state index is 0.160. The van der Waals surface area contributed by atoms with Crippen molar-refractivity contribution in [2.75, 3.05) is 0 Å². The quantitative estimate of drug-likeness (QED) is 0.675. The number of cyclic esters (lactones) is 1. The van der Waals surface area contributed by atoms with Crippen LogP contribution < -0.4 is 0 Å². The first-order valence-electron chi connectivity index (χ1n) is 4.79. The van der Waals surface area contributed by atoms with Gasteiger partial charge in [-0.3, -0.25) is 0 Å². The molecular formula is C11H12O4. The first-order chi connectivity index (χ1) is 7.13. The number of aromatic hydroxyl groups is 1. The van der Waals surface area contributed by atoms with Crippen molar-refractivity contribution in [3.05, 3.63) is 28.8 Å². The Hall–Kier alpha value is -1.55. The molecule has 0 amide bonds. The molecule has 0 fully saturated rings. The third-order valence-corrected chi connectivity index (χ3v) is 2.54. The van der Waals surface area contributed by atoms with Gasteiger partial charge in [0.2, 0.25) is 0 Å². The molecule has 1 aliphatic heterocycles. The highest BCUT2D eigenvalue weighted by atomic mass is 16.5. The van der Waals surface area contributed by atoms with Crippen LogP contribution in [-0.2, 0) is 17.8 Å². The van der Waals surface area contributed by atoms with E-state index in [1.165, 1.54) is 0 Å². The normalized spacial score (nSPS) is 19.6. The number of carbonyl (C=O) groups excluding carboxylic acids is 1. The number of aliphatic hydroxyl groups is 1. The number of hydrogen-bond acceptors (Lipinski definition) is 4. The maximum atomic E-state index is 11.5. The number of aliphatic hydroxyl groups excluding tert-OH is 1. The number of carbonyl (C=O) groups is 1. The lowest BCUT2D eigenvalue weighted by Gasteiger charge is -2.22. The predicted molar refractivity (Wildman–Crippen MR) is 52.6 cm³/mol. The van der Waals surface area contributed by atoms with Crippen LogP contribution in [0.1, 0.15) is 28.4 Å². The molecule has 1 atom stereocenters. The molecule has 1 aromatic carbocycles. The van der Waals surface area contributed by atoms with Crippen LogP contribution in [0.5, 0.6) is 5.75 Å². The van der Waals surface area contributed by atoms with Gasteiger partial charge in [0.15, 0.2) is 0 Å². The van der Waals surface area contributed by atoms with Crippen molar-refractivity contribution in [3.63, 3.8) is 0 Å². The first kappa shape index (κ1) is 9.98. The van der Waals surface area contributed by atoms with Crippen LogP contribution in [0.4, 0.5) is 0 Å². The summed E-state index contributed by atoms with van der Waals surface area (Å²) in [7, 11) is 0. The second-order valence-corrected chi connectivity index (χ2v) is 3.69. The number of benzene rings is 1. The van der Waals surface area contributed by atoms with Gasteiger partial charge >= 0.3 is 5.97 Å². The highest BCUT2D eigenvalue weighted by molar-refractivity contribution is 5.95. The van der Waals surface area contributed by atoms with Crippen LogP contribution in [0.3, 0.4) is 0 Å². The summed E-state index contributed by atoms with van der Waals surface area (Å²) in [5.74, 6) is -0.677. The van der Waals surface area contributed by atoms with E-state index in [2.05, 4.69) is 0 Å². The van der Waals surface area contributed by atoms with Gasteiger partial charge in [0.25, 0.3) is 0 Å². The van der Waals surface area contributed by atoms with Crippen LogP contribution in [0.15, 0.2) is 12.1 Å². The molecule has 0 spiro atoms. The molecule has 0 aliphatic carbocycles. The van der Waals surface area contributed by atoms with E-state index in [-0.39, 0.29) is 24.0 Å². The number of phenols is 1. The van der Waals surface area contributed by atoms with E-state index in [4.69, 9.17) is 9.84 Å². The Kier molecular flexibility index (Phi) is 2.36. The van der Waals surface area contributed by atoms with E-state index >= 15 is 0 Å². The summed E-state index contributed by atoms with van der Waals surface area (Å²) in [4.78, 5) is 11.5. The maximum absolute atomic E-state index is 11.5. The Morgan fingerprint density at radius 2 is 2.27 bits per heavy atom. The van der Waals surface area contributed by atoms with Crippen molar-refractivity contribution in [1.82, 2.24) is 0 Å². The standard InChI is InChI=1S/C11H12O4/c1-6-4-7-2-3-8(5-12)10(13)9(7)11(14)15-6/h2-3,6,12-13H,4-5H2,1H3. The third-order valence-electron chi connectivity index (χ3n) is 2.54. The molecule has 0 saturated heterocycles. The zero-order valence-corrected chi connectivity index (χ0v) is 8.36. The average Bonchev–Trinajstić information content (AvgIpc) is 2.17. The monoisotopic (exact) mass is 208 g/mol. The molecular weight excluding hydrogens is 196 g/mol. The fraction of sp³-hybridized carbons (Fsp3) is 0.364. The zero-order chi connectivity index (χ0) is 11.0. The Labute approximate surface area is 87.1 Å². The molecule has 15 heavy (non-hydrogen) atoms. The van der Waals surface area contributed by atoms with E-state index in [1.54, 1.807) is 19.1 Å². The van der Waals surface area contributed by atoms with Gasteiger partial charge in [-0.05, 0) is 12.5 Å². The van der Waals surface area contributed by atoms with Crippen molar-refractivity contribution < 1.29 is 19.7 Å². The maximum Gasteiger partial charge on any atom is 0.342 e. The Morgan fingerprint density at radius 3 is 2.93 bits per heavy atom. The highest BCUT2D eigenvalue weighted by Crippen LogP contribution is 2.31. The van der Waals surface area contributed by atoms with Crippen LogP contribution in [0, 0.1) is 0 Å². The average molecular weight is 208 g/mol. The lowest BCUT2D eigenvalue weighted by Crippen LogP contribution is -2.25. The Bertz CT molecular complexity index is 411. The van der Waals surface area contributed by atoms with Gasteiger partial charge in [-0.2, -0.15) is 0 Å². The molecule has 1 aliphatic rings. The van der Waals surface area contributed by atoms with Gasteiger partial charge in [-0.1, -0.05) is 12.1 Å². The molecule has 2 rings (SSSR count). The number of hydrogen-bond donors (Lipinski definition) is 2. The molecule has 0 saturated carbocycles. The number of esters is 1. The Morgan fingerprint density at radius 1 is 1.53 bits per heavy atom. The lowest BCUT2D eigenvalue weighted by atomic mass is 9.96. The van der Waals surface area contributed by atoms with Crippen molar-refractivity contribution >= 4 is 5.97 Å². The van der Waals surface area contributed by atoms with Gasteiger partial charge < -0.3 is 14.9 Å². The first-order valence-corrected chi connectivity index (χ1v) is 4.79. The molecule has 2 N–H and O–H groups in total. The SMILES string of the molecule is CC1Cc2ccc(CO)c(O)c2C(=O)O1. The van der Waals surface area contributed by atoms with E-state index < -0.39 is 5.97 Å². The second kappa shape index (κ2) is 3.55. The van der Waals surface area contributed by atoms with Crippen molar-refractivity contribution in [2.24, 2.45) is 0 Å². The van der Waals surface area contributed by atoms with Crippen LogP contribution in [0.2, 0.25) is 0 Å². The molecule has 1 unspecified atom stereocenters. The van der Waals surface area contributed by atoms with Crippen LogP contribution in [-0.4, -0.2) is 22.3 Å². The molecule has 4 nitrogen and oxygen atoms in total. The van der Waals surface area contributed by atoms with Gasteiger partial charge in [0.05, 0.1) is 6.61 Å². The molecule has 1 aromatic rings. The third kappa shape index (κ3) is 1.57. The molecule has 1 heterocycles. The minimum Gasteiger partial charge on any atom is -0.507 e. The summed E-state index contributed by atoms with van der Waals surface area (Å²) < 4.78 is 5.01. The zero-order valence-electron chi connectivity index (χ0n) is 8.36. The van der Waals surface area contributed by atoms with Crippen molar-refractivity contribution in [1.29, 1.82) is 0 Å². The summed E-state index contributed by atoms with van der Waals surface area (Å²) >= 11 is 0. The topological polar surface area (TPSA) is 66.8 Å². The van der Waals surface area contributed by atoms with E-state index in [0.717, 1.165) is 5.56 Å². The summed E-state index contributed by atoms with van der Waals surface area (Å²) in [5.41, 5.74) is 1.31. The number of ether oxygens (including phenoxy) is 1. The van der Waals surface area contributed by atoms with Crippen LogP contribution in [0.25, 0.3) is 0 Å². The molecule has 0 radical (unpaired) electrons. The van der Waals surface area contributed by atoms with E-state index in [1.807, 2.05) is 0 Å². The van der Waals surface area contributed by atoms with E-state index in [0.29, 0.717) is 12.0 Å². The van der Waals surface area contributed by atoms with Gasteiger partial charge in [0.1, 0.15) is 17.4 Å². The summed E-state index contributed by atoms with van der Waals surface area (Å²) in [5, 5.41) is 18.7. The van der Waals surface area contributed by atoms with Crippen molar-refractivity contribution in [2.45, 2.75) is 26.1 Å². The summed E-state index contributed by atoms with van der Waals surface area (Å²) in [6.45, 7) is 1.51. The van der Waals surface area contributed by atoms with Crippen LogP contribution >= 0.6 is 0 Å². The molecule has 0 bridgehead atoms. The Balaban J connectivity index is 2.56. The lowest BCUT2D eigenvalue weighted by molar-refractivity contribution is 0.0296. The summed E-state index contributed by atoms with van der Waals surface area (Å²) in [6, 6.07) is 3.37.